The largest absolute Gasteiger partial charge is 0.310 e. The molecule has 0 amide bonds. The maximum absolute atomic E-state index is 3.85. The van der Waals surface area contributed by atoms with E-state index in [0.717, 1.165) is 24.4 Å². The summed E-state index contributed by atoms with van der Waals surface area (Å²) < 4.78 is 0. The maximum Gasteiger partial charge on any atom is 0.0208 e. The predicted molar refractivity (Wildman–Crippen MR) is 81.0 cm³/mol. The molecule has 1 aromatic rings. The first kappa shape index (κ1) is 13.2. The lowest BCUT2D eigenvalue weighted by atomic mass is 9.84. The molecule has 1 aromatic carbocycles. The van der Waals surface area contributed by atoms with Crippen LogP contribution in [0.25, 0.3) is 0 Å². The second-order valence-electron chi connectivity index (χ2n) is 6.55. The molecule has 104 valence electrons. The Labute approximate surface area is 117 Å². The van der Waals surface area contributed by atoms with Crippen molar-refractivity contribution in [2.24, 2.45) is 11.8 Å². The zero-order valence-electron chi connectivity index (χ0n) is 12.0. The van der Waals surface area contributed by atoms with E-state index in [4.69, 9.17) is 0 Å². The van der Waals surface area contributed by atoms with E-state index in [9.17, 15) is 0 Å². The molecule has 2 aliphatic rings. The highest BCUT2D eigenvalue weighted by Crippen LogP contribution is 2.38. The summed E-state index contributed by atoms with van der Waals surface area (Å²) in [6, 6.07) is 11.6. The molecule has 0 spiro atoms. The van der Waals surface area contributed by atoms with Gasteiger partial charge in [-0.25, -0.2) is 0 Å². The van der Waals surface area contributed by atoms with E-state index in [1.807, 2.05) is 0 Å². The average molecular weight is 257 g/mol. The summed E-state index contributed by atoms with van der Waals surface area (Å²) in [6.07, 6.45) is 11.7. The molecule has 1 N–H and O–H groups in total. The summed E-state index contributed by atoms with van der Waals surface area (Å²) in [4.78, 5) is 0. The van der Waals surface area contributed by atoms with E-state index in [-0.39, 0.29) is 0 Å². The minimum absolute atomic E-state index is 0.781. The van der Waals surface area contributed by atoms with Crippen molar-refractivity contribution in [3.8, 4) is 0 Å². The molecule has 1 heteroatoms. The quantitative estimate of drug-likeness (QED) is 0.789. The highest BCUT2D eigenvalue weighted by molar-refractivity contribution is 5.14. The third-order valence-electron chi connectivity index (χ3n) is 4.91. The van der Waals surface area contributed by atoms with Gasteiger partial charge in [0.05, 0.1) is 0 Å². The molecule has 0 bridgehead atoms. The highest BCUT2D eigenvalue weighted by Gasteiger charge is 2.32. The fraction of sp³-hybridized carbons (Fsp3) is 0.667. The van der Waals surface area contributed by atoms with Gasteiger partial charge in [0.25, 0.3) is 0 Å². The summed E-state index contributed by atoms with van der Waals surface area (Å²) in [6.45, 7) is 1.05. The first-order valence-electron chi connectivity index (χ1n) is 8.19. The zero-order valence-corrected chi connectivity index (χ0v) is 12.0. The van der Waals surface area contributed by atoms with Gasteiger partial charge in [0.2, 0.25) is 0 Å². The van der Waals surface area contributed by atoms with Crippen LogP contribution in [0.3, 0.4) is 0 Å². The van der Waals surface area contributed by atoms with Crippen LogP contribution in [0, 0.1) is 11.8 Å². The van der Waals surface area contributed by atoms with Crippen LogP contribution < -0.4 is 5.32 Å². The van der Waals surface area contributed by atoms with Crippen LogP contribution in [0.2, 0.25) is 0 Å². The molecule has 1 unspecified atom stereocenters. The van der Waals surface area contributed by atoms with Crippen LogP contribution in [0.4, 0.5) is 0 Å². The first-order chi connectivity index (χ1) is 9.42. The lowest BCUT2D eigenvalue weighted by Gasteiger charge is -2.27. The minimum atomic E-state index is 0.781. The van der Waals surface area contributed by atoms with Crippen molar-refractivity contribution in [3.63, 3.8) is 0 Å². The average Bonchev–Trinajstić information content (AvgIpc) is 3.30. The standard InChI is InChI=1S/C18H27N/c1-3-7-15(8-4-1)13-18(17-11-12-17)19-14-16-9-5-2-6-10-16/h2,5-6,9-10,15,17-19H,1,3-4,7-8,11-14H2. The van der Waals surface area contributed by atoms with Crippen LogP contribution in [0.5, 0.6) is 0 Å². The van der Waals surface area contributed by atoms with Crippen molar-refractivity contribution in [2.45, 2.75) is 64.0 Å². The Kier molecular flexibility index (Phi) is 4.55. The Morgan fingerprint density at radius 2 is 1.68 bits per heavy atom. The molecule has 2 aliphatic carbocycles. The Balaban J connectivity index is 1.49. The summed E-state index contributed by atoms with van der Waals surface area (Å²) in [5.41, 5.74) is 1.43. The molecule has 0 saturated heterocycles. The van der Waals surface area contributed by atoms with E-state index >= 15 is 0 Å². The lowest BCUT2D eigenvalue weighted by molar-refractivity contribution is 0.283. The van der Waals surface area contributed by atoms with E-state index in [0.29, 0.717) is 0 Å². The molecule has 0 heterocycles. The lowest BCUT2D eigenvalue weighted by Crippen LogP contribution is -2.33. The van der Waals surface area contributed by atoms with Gasteiger partial charge in [-0.1, -0.05) is 62.4 Å². The summed E-state index contributed by atoms with van der Waals surface area (Å²) in [5.74, 6) is 1.98. The van der Waals surface area contributed by atoms with Crippen molar-refractivity contribution in [1.29, 1.82) is 0 Å². The topological polar surface area (TPSA) is 12.0 Å². The molecule has 2 fully saturated rings. The van der Waals surface area contributed by atoms with Gasteiger partial charge in [-0.05, 0) is 36.7 Å². The molecule has 1 atom stereocenters. The van der Waals surface area contributed by atoms with Crippen molar-refractivity contribution in [1.82, 2.24) is 5.32 Å². The Morgan fingerprint density at radius 3 is 2.37 bits per heavy atom. The van der Waals surface area contributed by atoms with Gasteiger partial charge in [0, 0.05) is 12.6 Å². The first-order valence-corrected chi connectivity index (χ1v) is 8.19. The van der Waals surface area contributed by atoms with Gasteiger partial charge >= 0.3 is 0 Å². The summed E-state index contributed by atoms with van der Waals surface area (Å²) in [7, 11) is 0. The molecule has 0 aliphatic heterocycles. The summed E-state index contributed by atoms with van der Waals surface area (Å²) in [5, 5.41) is 3.85. The van der Waals surface area contributed by atoms with E-state index in [2.05, 4.69) is 35.6 Å². The van der Waals surface area contributed by atoms with Gasteiger partial charge in [-0.15, -0.1) is 0 Å². The Bertz CT molecular complexity index is 363. The second kappa shape index (κ2) is 6.56. The number of nitrogens with one attached hydrogen (secondary N) is 1. The number of hydrogen-bond acceptors (Lipinski definition) is 1. The van der Waals surface area contributed by atoms with Gasteiger partial charge in [0.1, 0.15) is 0 Å². The van der Waals surface area contributed by atoms with Crippen LogP contribution in [-0.4, -0.2) is 6.04 Å². The minimum Gasteiger partial charge on any atom is -0.310 e. The zero-order chi connectivity index (χ0) is 12.9. The van der Waals surface area contributed by atoms with Crippen molar-refractivity contribution in [3.05, 3.63) is 35.9 Å². The van der Waals surface area contributed by atoms with E-state index in [1.165, 1.54) is 56.9 Å². The smallest absolute Gasteiger partial charge is 0.0208 e. The van der Waals surface area contributed by atoms with Gasteiger partial charge in [-0.3, -0.25) is 0 Å². The van der Waals surface area contributed by atoms with Crippen molar-refractivity contribution in [2.75, 3.05) is 0 Å². The third-order valence-corrected chi connectivity index (χ3v) is 4.91. The molecular weight excluding hydrogens is 230 g/mol. The van der Waals surface area contributed by atoms with Crippen LogP contribution in [0.15, 0.2) is 30.3 Å². The molecule has 1 nitrogen and oxygen atoms in total. The third kappa shape index (κ3) is 4.07. The highest BCUT2D eigenvalue weighted by atomic mass is 14.9. The van der Waals surface area contributed by atoms with E-state index < -0.39 is 0 Å². The number of hydrogen-bond donors (Lipinski definition) is 1. The fourth-order valence-electron chi connectivity index (χ4n) is 3.57. The van der Waals surface area contributed by atoms with Crippen LogP contribution in [0.1, 0.15) is 56.9 Å². The van der Waals surface area contributed by atoms with Crippen LogP contribution in [-0.2, 0) is 6.54 Å². The summed E-state index contributed by atoms with van der Waals surface area (Å²) >= 11 is 0. The van der Waals surface area contributed by atoms with Gasteiger partial charge in [0.15, 0.2) is 0 Å². The van der Waals surface area contributed by atoms with Gasteiger partial charge < -0.3 is 5.32 Å². The molecule has 3 rings (SSSR count). The fourth-order valence-corrected chi connectivity index (χ4v) is 3.57. The van der Waals surface area contributed by atoms with Crippen LogP contribution >= 0.6 is 0 Å². The monoisotopic (exact) mass is 257 g/mol. The maximum atomic E-state index is 3.85. The van der Waals surface area contributed by atoms with E-state index in [1.54, 1.807) is 0 Å². The Morgan fingerprint density at radius 1 is 0.947 bits per heavy atom. The molecule has 0 aromatic heterocycles. The molecule has 2 saturated carbocycles. The molecule has 0 radical (unpaired) electrons. The number of rotatable bonds is 6. The SMILES string of the molecule is c1ccc(CNC(CC2CCCCC2)C2CC2)cc1. The Hall–Kier alpha value is -0.820. The number of benzene rings is 1. The normalized spacial score (nSPS) is 22.3. The molecule has 19 heavy (non-hydrogen) atoms. The van der Waals surface area contributed by atoms with Crippen molar-refractivity contribution >= 4 is 0 Å². The predicted octanol–water partition coefficient (Wildman–Crippen LogP) is 4.53. The molecular formula is C18H27N. The second-order valence-corrected chi connectivity index (χ2v) is 6.55. The van der Waals surface area contributed by atoms with Gasteiger partial charge in [-0.2, -0.15) is 0 Å². The van der Waals surface area contributed by atoms with Crippen molar-refractivity contribution < 1.29 is 0 Å².